The van der Waals surface area contributed by atoms with Crippen molar-refractivity contribution in [2.24, 2.45) is 0 Å². The number of amides is 2. The molecule has 0 spiro atoms. The molecule has 2 amide bonds. The van der Waals surface area contributed by atoms with Crippen LogP contribution in [-0.2, 0) is 14.4 Å². The van der Waals surface area contributed by atoms with Crippen molar-refractivity contribution in [1.29, 1.82) is 0 Å². The van der Waals surface area contributed by atoms with E-state index in [4.69, 9.17) is 5.11 Å². The molecular weight excluding hydrogens is 264 g/mol. The van der Waals surface area contributed by atoms with Crippen LogP contribution in [0.2, 0.25) is 0 Å². The van der Waals surface area contributed by atoms with Crippen molar-refractivity contribution in [3.8, 4) is 0 Å². The van der Waals surface area contributed by atoms with Crippen LogP contribution in [0, 0.1) is 0 Å². The van der Waals surface area contributed by atoms with Crippen LogP contribution < -0.4 is 5.32 Å². The molecule has 0 fully saturated rings. The fourth-order valence-corrected chi connectivity index (χ4v) is 1.60. The topological polar surface area (TPSA) is 105 Å². The van der Waals surface area contributed by atoms with E-state index in [1.54, 1.807) is 25.4 Å². The van der Waals surface area contributed by atoms with Gasteiger partial charge in [0.2, 0.25) is 11.8 Å². The summed E-state index contributed by atoms with van der Waals surface area (Å²) < 4.78 is 1.50. The predicted molar refractivity (Wildman–Crippen MR) is 69.8 cm³/mol. The van der Waals surface area contributed by atoms with E-state index < -0.39 is 17.9 Å². The average Bonchev–Trinajstić information content (AvgIpc) is 2.90. The minimum absolute atomic E-state index is 0.0465. The van der Waals surface area contributed by atoms with Crippen LogP contribution in [0.5, 0.6) is 0 Å². The molecule has 1 aromatic rings. The molecule has 0 aliphatic rings. The van der Waals surface area contributed by atoms with Gasteiger partial charge in [0.1, 0.15) is 6.04 Å². The van der Waals surface area contributed by atoms with E-state index in [0.717, 1.165) is 0 Å². The van der Waals surface area contributed by atoms with Crippen molar-refractivity contribution in [2.75, 3.05) is 20.1 Å². The molecule has 0 saturated carbocycles. The normalized spacial score (nSPS) is 11.7. The summed E-state index contributed by atoms with van der Waals surface area (Å²) in [5.41, 5.74) is 0. The maximum atomic E-state index is 12.0. The van der Waals surface area contributed by atoms with Crippen molar-refractivity contribution in [3.63, 3.8) is 0 Å². The highest BCUT2D eigenvalue weighted by Gasteiger charge is 2.20. The molecule has 8 nitrogen and oxygen atoms in total. The summed E-state index contributed by atoms with van der Waals surface area (Å²) in [7, 11) is 1.51. The Hall–Kier alpha value is -2.38. The second-order valence-electron chi connectivity index (χ2n) is 4.35. The van der Waals surface area contributed by atoms with Crippen LogP contribution in [0.3, 0.4) is 0 Å². The second kappa shape index (κ2) is 7.27. The van der Waals surface area contributed by atoms with E-state index in [-0.39, 0.29) is 25.4 Å². The molecule has 1 unspecified atom stereocenters. The lowest BCUT2D eigenvalue weighted by atomic mass is 10.3. The third-order valence-electron chi connectivity index (χ3n) is 2.70. The van der Waals surface area contributed by atoms with Gasteiger partial charge in [-0.1, -0.05) is 0 Å². The van der Waals surface area contributed by atoms with Crippen molar-refractivity contribution in [3.05, 3.63) is 18.5 Å². The van der Waals surface area contributed by atoms with Crippen molar-refractivity contribution < 1.29 is 19.5 Å². The minimum atomic E-state index is -0.984. The number of likely N-dealkylation sites (N-methyl/N-ethyl adjacent to an activating group) is 1. The summed E-state index contributed by atoms with van der Waals surface area (Å²) in [4.78, 5) is 35.2. The van der Waals surface area contributed by atoms with E-state index in [1.165, 1.54) is 16.6 Å². The van der Waals surface area contributed by atoms with Crippen LogP contribution in [0.15, 0.2) is 18.5 Å². The molecule has 110 valence electrons. The Labute approximate surface area is 116 Å². The van der Waals surface area contributed by atoms with Gasteiger partial charge in [-0.05, 0) is 13.0 Å². The summed E-state index contributed by atoms with van der Waals surface area (Å²) in [6, 6.07) is 1.21. The first-order chi connectivity index (χ1) is 9.41. The quantitative estimate of drug-likeness (QED) is 0.701. The van der Waals surface area contributed by atoms with Crippen molar-refractivity contribution >= 4 is 17.8 Å². The van der Waals surface area contributed by atoms with Gasteiger partial charge in [-0.2, -0.15) is 5.10 Å². The summed E-state index contributed by atoms with van der Waals surface area (Å²) in [5.74, 6) is -1.63. The first kappa shape index (κ1) is 15.7. The maximum Gasteiger partial charge on any atom is 0.305 e. The number of carbonyl (C=O) groups excluding carboxylic acids is 2. The zero-order chi connectivity index (χ0) is 15.1. The van der Waals surface area contributed by atoms with Gasteiger partial charge >= 0.3 is 5.97 Å². The number of aromatic nitrogens is 2. The molecule has 0 saturated heterocycles. The van der Waals surface area contributed by atoms with Gasteiger partial charge in [0.05, 0.1) is 13.0 Å². The van der Waals surface area contributed by atoms with Crippen molar-refractivity contribution in [2.45, 2.75) is 19.4 Å². The molecule has 1 rings (SSSR count). The molecule has 8 heteroatoms. The number of nitrogens with one attached hydrogen (secondary N) is 1. The number of aliphatic carboxylic acids is 1. The molecule has 1 heterocycles. The Morgan fingerprint density at radius 3 is 2.70 bits per heavy atom. The number of rotatable bonds is 7. The zero-order valence-electron chi connectivity index (χ0n) is 11.4. The van der Waals surface area contributed by atoms with Gasteiger partial charge in [-0.3, -0.25) is 19.1 Å². The number of carboxylic acid groups (broad SMARTS) is 1. The lowest BCUT2D eigenvalue weighted by Gasteiger charge is -2.21. The Kier molecular flexibility index (Phi) is 5.70. The number of hydrogen-bond donors (Lipinski definition) is 2. The Balaban J connectivity index is 2.41. The molecule has 0 bridgehead atoms. The molecule has 0 radical (unpaired) electrons. The van der Waals surface area contributed by atoms with Gasteiger partial charge in [0, 0.05) is 26.0 Å². The molecule has 0 aliphatic heterocycles. The van der Waals surface area contributed by atoms with Crippen LogP contribution in [0.1, 0.15) is 19.4 Å². The van der Waals surface area contributed by atoms with Crippen LogP contribution >= 0.6 is 0 Å². The van der Waals surface area contributed by atoms with E-state index in [1.807, 2.05) is 0 Å². The Morgan fingerprint density at radius 1 is 1.45 bits per heavy atom. The monoisotopic (exact) mass is 282 g/mol. The minimum Gasteiger partial charge on any atom is -0.481 e. The summed E-state index contributed by atoms with van der Waals surface area (Å²) in [6.45, 7) is 1.61. The zero-order valence-corrected chi connectivity index (χ0v) is 11.4. The Bertz CT molecular complexity index is 472. The smallest absolute Gasteiger partial charge is 0.305 e. The van der Waals surface area contributed by atoms with E-state index >= 15 is 0 Å². The first-order valence-electron chi connectivity index (χ1n) is 6.14. The van der Waals surface area contributed by atoms with Gasteiger partial charge < -0.3 is 15.3 Å². The maximum absolute atomic E-state index is 12.0. The van der Waals surface area contributed by atoms with E-state index in [9.17, 15) is 14.4 Å². The highest BCUT2D eigenvalue weighted by molar-refractivity contribution is 5.86. The number of hydrogen-bond acceptors (Lipinski definition) is 4. The molecule has 0 aliphatic carbocycles. The molecule has 0 aromatic carbocycles. The van der Waals surface area contributed by atoms with E-state index in [0.29, 0.717) is 0 Å². The van der Waals surface area contributed by atoms with Crippen molar-refractivity contribution in [1.82, 2.24) is 20.0 Å². The largest absolute Gasteiger partial charge is 0.481 e. The molecular formula is C12H18N4O4. The average molecular weight is 282 g/mol. The predicted octanol–water partition coefficient (Wildman–Crippen LogP) is -0.507. The highest BCUT2D eigenvalue weighted by Crippen LogP contribution is 2.06. The third kappa shape index (κ3) is 4.71. The van der Waals surface area contributed by atoms with Crippen LogP contribution in [0.25, 0.3) is 0 Å². The van der Waals surface area contributed by atoms with Gasteiger partial charge in [0.15, 0.2) is 0 Å². The van der Waals surface area contributed by atoms with E-state index in [2.05, 4.69) is 10.4 Å². The van der Waals surface area contributed by atoms with Crippen LogP contribution in [0.4, 0.5) is 0 Å². The molecule has 1 aromatic heterocycles. The standard InChI is InChI=1S/C12H18N4O4/c1-9(16-7-3-5-14-16)12(20)15(2)8-10(17)13-6-4-11(18)19/h3,5,7,9H,4,6,8H2,1-2H3,(H,13,17)(H,18,19). The third-order valence-corrected chi connectivity index (χ3v) is 2.70. The SMILES string of the molecule is CC(C(=O)N(C)CC(=O)NCCC(=O)O)n1cccn1. The van der Waals surface area contributed by atoms with Gasteiger partial charge in [-0.25, -0.2) is 0 Å². The molecule has 2 N–H and O–H groups in total. The number of nitrogens with zero attached hydrogens (tertiary/aromatic N) is 3. The molecule has 20 heavy (non-hydrogen) atoms. The summed E-state index contributed by atoms with van der Waals surface area (Å²) in [5, 5.41) is 14.9. The number of carboxylic acids is 1. The fraction of sp³-hybridized carbons (Fsp3) is 0.500. The second-order valence-corrected chi connectivity index (χ2v) is 4.35. The van der Waals surface area contributed by atoms with Crippen LogP contribution in [-0.4, -0.2) is 57.7 Å². The molecule has 1 atom stereocenters. The lowest BCUT2D eigenvalue weighted by Crippen LogP contribution is -2.41. The van der Waals surface area contributed by atoms with Gasteiger partial charge in [-0.15, -0.1) is 0 Å². The highest BCUT2D eigenvalue weighted by atomic mass is 16.4. The summed E-state index contributed by atoms with van der Waals surface area (Å²) in [6.07, 6.45) is 3.10. The Morgan fingerprint density at radius 2 is 2.15 bits per heavy atom. The van der Waals surface area contributed by atoms with Gasteiger partial charge in [0.25, 0.3) is 0 Å². The number of carbonyl (C=O) groups is 3. The fourth-order valence-electron chi connectivity index (χ4n) is 1.60. The lowest BCUT2D eigenvalue weighted by molar-refractivity contribution is -0.138. The summed E-state index contributed by atoms with van der Waals surface area (Å²) >= 11 is 0. The first-order valence-corrected chi connectivity index (χ1v) is 6.14.